The van der Waals surface area contributed by atoms with E-state index in [4.69, 9.17) is 4.52 Å². The third-order valence-corrected chi connectivity index (χ3v) is 4.45. The van der Waals surface area contributed by atoms with Crippen molar-refractivity contribution < 1.29 is 12.9 Å². The number of aryl methyl sites for hydroxylation is 1. The van der Waals surface area contributed by atoms with Crippen LogP contribution in [0.15, 0.2) is 39.8 Å². The second-order valence-corrected chi connectivity index (χ2v) is 6.38. The summed E-state index contributed by atoms with van der Waals surface area (Å²) in [6, 6.07) is 8.64. The lowest BCUT2D eigenvalue weighted by atomic mass is 10.2. The maximum atomic E-state index is 12.4. The number of nitrogens with one attached hydrogen (secondary N) is 2. The molecule has 2 N–H and O–H groups in total. The molecule has 21 heavy (non-hydrogen) atoms. The molecule has 2 aromatic rings. The van der Waals surface area contributed by atoms with E-state index in [-0.39, 0.29) is 11.4 Å². The highest BCUT2D eigenvalue weighted by atomic mass is 32.2. The van der Waals surface area contributed by atoms with Crippen molar-refractivity contribution in [3.63, 3.8) is 0 Å². The first-order valence-corrected chi connectivity index (χ1v) is 8.21. The van der Waals surface area contributed by atoms with Gasteiger partial charge in [0.25, 0.3) is 0 Å². The van der Waals surface area contributed by atoms with Crippen LogP contribution >= 0.6 is 0 Å². The molecule has 0 unspecified atom stereocenters. The zero-order valence-electron chi connectivity index (χ0n) is 12.1. The molecule has 1 aromatic carbocycles. The van der Waals surface area contributed by atoms with Crippen LogP contribution in [0.4, 0.5) is 0 Å². The van der Waals surface area contributed by atoms with Gasteiger partial charge in [0.2, 0.25) is 10.0 Å². The third kappa shape index (κ3) is 4.13. The standard InChI is InChI=1S/C14H19N3O3S/c1-3-15-9-12-6-4-5-7-14(12)21(18,19)16-10-13-8-11(2)20-17-13/h4-8,15-16H,3,9-10H2,1-2H3. The van der Waals surface area contributed by atoms with Crippen LogP contribution in [-0.4, -0.2) is 20.1 Å². The predicted molar refractivity (Wildman–Crippen MR) is 79.1 cm³/mol. The number of sulfonamides is 1. The Labute approximate surface area is 124 Å². The van der Waals surface area contributed by atoms with Gasteiger partial charge in [-0.3, -0.25) is 0 Å². The van der Waals surface area contributed by atoms with E-state index >= 15 is 0 Å². The van der Waals surface area contributed by atoms with E-state index in [2.05, 4.69) is 15.2 Å². The summed E-state index contributed by atoms with van der Waals surface area (Å²) in [5.41, 5.74) is 1.29. The Balaban J connectivity index is 2.15. The minimum absolute atomic E-state index is 0.106. The maximum Gasteiger partial charge on any atom is 0.241 e. The molecule has 0 bridgehead atoms. The highest BCUT2D eigenvalue weighted by molar-refractivity contribution is 7.89. The molecule has 0 spiro atoms. The summed E-state index contributed by atoms with van der Waals surface area (Å²) in [4.78, 5) is 0.283. The van der Waals surface area contributed by atoms with Crippen molar-refractivity contribution in [2.75, 3.05) is 6.54 Å². The average molecular weight is 309 g/mol. The number of hydrogen-bond acceptors (Lipinski definition) is 5. The molecule has 1 aromatic heterocycles. The molecule has 2 rings (SSSR count). The Hall–Kier alpha value is -1.70. The minimum Gasteiger partial charge on any atom is -0.361 e. The lowest BCUT2D eigenvalue weighted by Crippen LogP contribution is -2.25. The lowest BCUT2D eigenvalue weighted by Gasteiger charge is -2.11. The van der Waals surface area contributed by atoms with Crippen molar-refractivity contribution in [2.45, 2.75) is 31.8 Å². The summed E-state index contributed by atoms with van der Waals surface area (Å²) < 4.78 is 32.3. The van der Waals surface area contributed by atoms with Gasteiger partial charge >= 0.3 is 0 Å². The van der Waals surface area contributed by atoms with Gasteiger partial charge in [0.05, 0.1) is 17.1 Å². The third-order valence-electron chi connectivity index (χ3n) is 2.95. The van der Waals surface area contributed by atoms with Gasteiger partial charge in [-0.15, -0.1) is 0 Å². The highest BCUT2D eigenvalue weighted by Crippen LogP contribution is 2.15. The number of benzene rings is 1. The Morgan fingerprint density at radius 2 is 2.00 bits per heavy atom. The molecular formula is C14H19N3O3S. The van der Waals surface area contributed by atoms with Crippen LogP contribution in [0.1, 0.15) is 23.9 Å². The Morgan fingerprint density at radius 3 is 2.67 bits per heavy atom. The van der Waals surface area contributed by atoms with E-state index in [1.165, 1.54) is 0 Å². The monoisotopic (exact) mass is 309 g/mol. The number of aromatic nitrogens is 1. The fourth-order valence-electron chi connectivity index (χ4n) is 1.92. The first kappa shape index (κ1) is 15.7. The van der Waals surface area contributed by atoms with Crippen LogP contribution < -0.4 is 10.0 Å². The zero-order chi connectivity index (χ0) is 15.3. The van der Waals surface area contributed by atoms with Crippen molar-refractivity contribution in [1.82, 2.24) is 15.2 Å². The van der Waals surface area contributed by atoms with Gasteiger partial charge in [-0.05, 0) is 25.1 Å². The fourth-order valence-corrected chi connectivity index (χ4v) is 3.16. The summed E-state index contributed by atoms with van der Waals surface area (Å²) in [6.45, 7) is 5.13. The molecule has 0 atom stereocenters. The SMILES string of the molecule is CCNCc1ccccc1S(=O)(=O)NCc1cc(C)on1. The molecule has 0 aliphatic carbocycles. The first-order valence-electron chi connectivity index (χ1n) is 6.73. The molecule has 0 saturated carbocycles. The summed E-state index contributed by atoms with van der Waals surface area (Å²) >= 11 is 0. The quantitative estimate of drug-likeness (QED) is 0.811. The van der Waals surface area contributed by atoms with Crippen LogP contribution in [0.25, 0.3) is 0 Å². The van der Waals surface area contributed by atoms with Gasteiger partial charge in [0.1, 0.15) is 5.76 Å². The molecule has 1 heterocycles. The minimum atomic E-state index is -3.58. The maximum absolute atomic E-state index is 12.4. The first-order chi connectivity index (χ1) is 10.0. The van der Waals surface area contributed by atoms with Gasteiger partial charge in [0.15, 0.2) is 0 Å². The fraction of sp³-hybridized carbons (Fsp3) is 0.357. The van der Waals surface area contributed by atoms with Gasteiger partial charge in [-0.1, -0.05) is 30.3 Å². The highest BCUT2D eigenvalue weighted by Gasteiger charge is 2.18. The van der Waals surface area contributed by atoms with E-state index < -0.39 is 10.0 Å². The van der Waals surface area contributed by atoms with E-state index in [9.17, 15) is 8.42 Å². The largest absolute Gasteiger partial charge is 0.361 e. The molecular weight excluding hydrogens is 290 g/mol. The molecule has 0 aliphatic heterocycles. The van der Waals surface area contributed by atoms with E-state index in [1.54, 1.807) is 31.2 Å². The number of hydrogen-bond donors (Lipinski definition) is 2. The molecule has 114 valence electrons. The molecule has 0 radical (unpaired) electrons. The smallest absolute Gasteiger partial charge is 0.241 e. The van der Waals surface area contributed by atoms with Gasteiger partial charge in [0, 0.05) is 12.6 Å². The lowest BCUT2D eigenvalue weighted by molar-refractivity contribution is 0.390. The topological polar surface area (TPSA) is 84.2 Å². The average Bonchev–Trinajstić information content (AvgIpc) is 2.89. The van der Waals surface area contributed by atoms with E-state index in [1.807, 2.05) is 13.0 Å². The van der Waals surface area contributed by atoms with Crippen LogP contribution in [0, 0.1) is 6.92 Å². The summed E-state index contributed by atoms with van der Waals surface area (Å²) in [6.07, 6.45) is 0. The van der Waals surface area contributed by atoms with Gasteiger partial charge in [-0.2, -0.15) is 0 Å². The second-order valence-electron chi connectivity index (χ2n) is 4.64. The van der Waals surface area contributed by atoms with E-state index in [0.717, 1.165) is 12.1 Å². The summed E-state index contributed by atoms with van der Waals surface area (Å²) in [7, 11) is -3.58. The number of nitrogens with zero attached hydrogens (tertiary/aromatic N) is 1. The Kier molecular flexibility index (Phi) is 5.11. The molecule has 6 nitrogen and oxygen atoms in total. The van der Waals surface area contributed by atoms with Crippen LogP contribution in [0.2, 0.25) is 0 Å². The molecule has 7 heteroatoms. The van der Waals surface area contributed by atoms with Crippen molar-refractivity contribution in [3.05, 3.63) is 47.3 Å². The van der Waals surface area contributed by atoms with Crippen LogP contribution in [-0.2, 0) is 23.1 Å². The molecule has 0 amide bonds. The van der Waals surface area contributed by atoms with Crippen LogP contribution in [0.3, 0.4) is 0 Å². The van der Waals surface area contributed by atoms with Crippen molar-refractivity contribution in [3.8, 4) is 0 Å². The van der Waals surface area contributed by atoms with E-state index in [0.29, 0.717) is 18.0 Å². The molecule has 0 saturated heterocycles. The normalized spacial score (nSPS) is 11.7. The van der Waals surface area contributed by atoms with Gasteiger partial charge in [-0.25, -0.2) is 13.1 Å². The molecule has 0 fully saturated rings. The van der Waals surface area contributed by atoms with Gasteiger partial charge < -0.3 is 9.84 Å². The summed E-state index contributed by atoms with van der Waals surface area (Å²) in [5, 5.41) is 6.90. The molecule has 0 aliphatic rings. The van der Waals surface area contributed by atoms with Crippen molar-refractivity contribution in [1.29, 1.82) is 0 Å². The Bertz CT molecular complexity index is 695. The zero-order valence-corrected chi connectivity index (χ0v) is 12.9. The van der Waals surface area contributed by atoms with Crippen molar-refractivity contribution in [2.24, 2.45) is 0 Å². The number of rotatable bonds is 7. The van der Waals surface area contributed by atoms with Crippen molar-refractivity contribution >= 4 is 10.0 Å². The second kappa shape index (κ2) is 6.84. The summed E-state index contributed by atoms with van der Waals surface area (Å²) in [5.74, 6) is 0.650. The predicted octanol–water partition coefficient (Wildman–Crippen LogP) is 1.57. The van der Waals surface area contributed by atoms with Crippen LogP contribution in [0.5, 0.6) is 0 Å². The Morgan fingerprint density at radius 1 is 1.24 bits per heavy atom.